The number of aromatic hydroxyl groups is 1. The van der Waals surface area contributed by atoms with Crippen molar-refractivity contribution < 1.29 is 15.0 Å². The van der Waals surface area contributed by atoms with E-state index in [2.05, 4.69) is 52.9 Å². The van der Waals surface area contributed by atoms with Crippen LogP contribution in [-0.4, -0.2) is 26.0 Å². The summed E-state index contributed by atoms with van der Waals surface area (Å²) in [6.45, 7) is 0. The minimum atomic E-state index is -1.28. The Kier molecular flexibility index (Phi) is 3.79. The summed E-state index contributed by atoms with van der Waals surface area (Å²) in [6, 6.07) is 3.58. The number of rotatable bonds is 2. The highest BCUT2D eigenvalue weighted by Crippen LogP contribution is 2.33. The molecule has 0 fully saturated rings. The smallest absolute Gasteiger partial charge is 0.360 e. The third kappa shape index (κ3) is 2.45. The highest BCUT2D eigenvalue weighted by atomic mass is 79.9. The van der Waals surface area contributed by atoms with Crippen LogP contribution in [-0.2, 0) is 0 Å². The molecule has 2 aromatic rings. The van der Waals surface area contributed by atoms with Crippen molar-refractivity contribution in [3.05, 3.63) is 37.4 Å². The predicted octanol–water partition coefficient (Wildman–Crippen LogP) is 3.56. The molecule has 18 heavy (non-hydrogen) atoms. The number of aromatic nitrogens is 2. The fourth-order valence-corrected chi connectivity index (χ4v) is 4.01. The average molecular weight is 441 g/mol. The van der Waals surface area contributed by atoms with Crippen molar-refractivity contribution in [1.82, 2.24) is 9.78 Å². The van der Waals surface area contributed by atoms with Gasteiger partial charge in [0.2, 0.25) is 5.69 Å². The van der Waals surface area contributed by atoms with Crippen molar-refractivity contribution >= 4 is 53.8 Å². The molecule has 8 heteroatoms. The number of hydrogen-bond donors (Lipinski definition) is 2. The van der Waals surface area contributed by atoms with E-state index in [1.54, 1.807) is 12.1 Å². The van der Waals surface area contributed by atoms with E-state index >= 15 is 0 Å². The van der Waals surface area contributed by atoms with Gasteiger partial charge in [-0.1, -0.05) is 15.9 Å². The summed E-state index contributed by atoms with van der Waals surface area (Å²) in [6.07, 6.45) is 1.24. The molecular weight excluding hydrogens is 436 g/mol. The third-order valence-electron chi connectivity index (χ3n) is 2.11. The van der Waals surface area contributed by atoms with E-state index in [1.165, 1.54) is 10.9 Å². The summed E-state index contributed by atoms with van der Waals surface area (Å²) in [7, 11) is 0. The summed E-state index contributed by atoms with van der Waals surface area (Å²) in [5.41, 5.74) is 0.206. The van der Waals surface area contributed by atoms with Crippen LogP contribution in [0, 0.1) is 0 Å². The molecule has 0 amide bonds. The number of carboxylic acid groups (broad SMARTS) is 1. The molecule has 0 radical (unpaired) electrons. The summed E-state index contributed by atoms with van der Waals surface area (Å²) in [5, 5.41) is 22.2. The molecule has 0 saturated carbocycles. The lowest BCUT2D eigenvalue weighted by atomic mass is 10.3. The molecule has 1 aromatic heterocycles. The monoisotopic (exact) mass is 438 g/mol. The van der Waals surface area contributed by atoms with Gasteiger partial charge >= 0.3 is 5.97 Å². The van der Waals surface area contributed by atoms with Gasteiger partial charge in [-0.15, -0.1) is 0 Å². The van der Waals surface area contributed by atoms with Gasteiger partial charge < -0.3 is 10.2 Å². The average Bonchev–Trinajstić information content (AvgIpc) is 2.58. The fourth-order valence-electron chi connectivity index (χ4n) is 1.39. The van der Waals surface area contributed by atoms with Crippen LogP contribution in [0.15, 0.2) is 31.7 Å². The van der Waals surface area contributed by atoms with Crippen LogP contribution in [0.25, 0.3) is 5.69 Å². The van der Waals surface area contributed by atoms with E-state index in [1.807, 2.05) is 0 Å². The summed E-state index contributed by atoms with van der Waals surface area (Å²) < 4.78 is 3.53. The topological polar surface area (TPSA) is 75.3 Å². The van der Waals surface area contributed by atoms with Gasteiger partial charge in [-0.05, 0) is 44.0 Å². The van der Waals surface area contributed by atoms with Crippen molar-refractivity contribution in [3.63, 3.8) is 0 Å². The zero-order valence-corrected chi connectivity index (χ0v) is 13.3. The van der Waals surface area contributed by atoms with Crippen LogP contribution < -0.4 is 0 Å². The Hall–Kier alpha value is -0.860. The third-order valence-corrected chi connectivity index (χ3v) is 3.78. The molecular formula is C10H5Br3N2O3. The molecule has 94 valence electrons. The molecule has 0 spiro atoms. The molecule has 2 rings (SSSR count). The van der Waals surface area contributed by atoms with Gasteiger partial charge in [0.15, 0.2) is 5.75 Å². The highest BCUT2D eigenvalue weighted by Gasteiger charge is 2.18. The molecule has 5 nitrogen and oxygen atoms in total. The van der Waals surface area contributed by atoms with E-state index in [4.69, 9.17) is 5.11 Å². The first-order chi connectivity index (χ1) is 8.40. The highest BCUT2D eigenvalue weighted by molar-refractivity contribution is 9.11. The lowest BCUT2D eigenvalue weighted by molar-refractivity contribution is 0.0687. The Morgan fingerprint density at radius 1 is 1.22 bits per heavy atom. The largest absolute Gasteiger partial charge is 0.504 e. The number of benzene rings is 1. The minimum absolute atomic E-state index is 0.385. The van der Waals surface area contributed by atoms with Gasteiger partial charge in [-0.25, -0.2) is 9.48 Å². The summed E-state index contributed by atoms with van der Waals surface area (Å²) in [4.78, 5) is 10.8. The van der Waals surface area contributed by atoms with Crippen molar-refractivity contribution in [1.29, 1.82) is 0 Å². The summed E-state index contributed by atoms with van der Waals surface area (Å²) in [5.74, 6) is -1.67. The van der Waals surface area contributed by atoms with Gasteiger partial charge in [-0.2, -0.15) is 5.10 Å². The fraction of sp³-hybridized carbons (Fsp3) is 0. The Balaban J connectivity index is 2.63. The standard InChI is InChI=1S/C10H5Br3N2O3/c11-4-1-5(12)9(6(13)2-4)15-3-7(16)8(14-15)10(17)18/h1-3,16H,(H,17,18). The number of nitrogens with zero attached hydrogens (tertiary/aromatic N) is 2. The van der Waals surface area contributed by atoms with Gasteiger partial charge in [0, 0.05) is 13.4 Å². The van der Waals surface area contributed by atoms with Gasteiger partial charge in [0.25, 0.3) is 0 Å². The summed E-state index contributed by atoms with van der Waals surface area (Å²) >= 11 is 10.0. The van der Waals surface area contributed by atoms with Crippen LogP contribution in [0.5, 0.6) is 5.75 Å². The molecule has 0 atom stereocenters. The van der Waals surface area contributed by atoms with Gasteiger partial charge in [0.05, 0.1) is 11.9 Å². The van der Waals surface area contributed by atoms with Crippen LogP contribution in [0.4, 0.5) is 0 Å². The normalized spacial score (nSPS) is 10.6. The molecule has 0 aliphatic rings. The van der Waals surface area contributed by atoms with Gasteiger partial charge in [-0.3, -0.25) is 0 Å². The molecule has 0 unspecified atom stereocenters. The molecule has 0 aliphatic carbocycles. The van der Waals surface area contributed by atoms with E-state index < -0.39 is 11.7 Å². The SMILES string of the molecule is O=C(O)c1nn(-c2c(Br)cc(Br)cc2Br)cc1O. The second-order valence-corrected chi connectivity index (χ2v) is 5.96. The van der Waals surface area contributed by atoms with Crippen LogP contribution >= 0.6 is 47.8 Å². The molecule has 0 saturated heterocycles. The Bertz CT molecular complexity index is 616. The minimum Gasteiger partial charge on any atom is -0.504 e. The van der Waals surface area contributed by atoms with E-state index in [0.29, 0.717) is 14.6 Å². The van der Waals surface area contributed by atoms with Crippen LogP contribution in [0.1, 0.15) is 10.5 Å². The first-order valence-corrected chi connectivity index (χ1v) is 6.95. The van der Waals surface area contributed by atoms with Crippen LogP contribution in [0.3, 0.4) is 0 Å². The maximum absolute atomic E-state index is 10.8. The number of carbonyl (C=O) groups is 1. The second kappa shape index (κ2) is 5.02. The van der Waals surface area contributed by atoms with Crippen molar-refractivity contribution in [2.24, 2.45) is 0 Å². The second-order valence-electron chi connectivity index (χ2n) is 3.33. The van der Waals surface area contributed by atoms with E-state index in [-0.39, 0.29) is 5.75 Å². The quantitative estimate of drug-likeness (QED) is 0.748. The number of hydrogen-bond acceptors (Lipinski definition) is 3. The first-order valence-electron chi connectivity index (χ1n) is 4.57. The lowest BCUT2D eigenvalue weighted by Gasteiger charge is -2.07. The Morgan fingerprint density at radius 3 is 2.22 bits per heavy atom. The van der Waals surface area contributed by atoms with Crippen molar-refractivity contribution in [2.45, 2.75) is 0 Å². The maximum atomic E-state index is 10.8. The van der Waals surface area contributed by atoms with E-state index in [9.17, 15) is 9.90 Å². The van der Waals surface area contributed by atoms with Crippen LogP contribution in [0.2, 0.25) is 0 Å². The van der Waals surface area contributed by atoms with Gasteiger partial charge in [0.1, 0.15) is 0 Å². The van der Waals surface area contributed by atoms with Crippen molar-refractivity contribution in [2.75, 3.05) is 0 Å². The molecule has 0 aliphatic heterocycles. The van der Waals surface area contributed by atoms with Crippen molar-refractivity contribution in [3.8, 4) is 11.4 Å². The van der Waals surface area contributed by atoms with E-state index in [0.717, 1.165) is 4.47 Å². The Morgan fingerprint density at radius 2 is 1.78 bits per heavy atom. The zero-order valence-electron chi connectivity index (χ0n) is 8.56. The molecule has 1 aromatic carbocycles. The predicted molar refractivity (Wildman–Crippen MR) is 75.3 cm³/mol. The number of halogens is 3. The lowest BCUT2D eigenvalue weighted by Crippen LogP contribution is -2.02. The molecule has 2 N–H and O–H groups in total. The number of aromatic carboxylic acids is 1. The maximum Gasteiger partial charge on any atom is 0.360 e. The molecule has 1 heterocycles. The Labute approximate surface area is 127 Å². The molecule has 0 bridgehead atoms. The number of carboxylic acids is 1. The first kappa shape index (κ1) is 13.6. The zero-order chi connectivity index (χ0) is 13.4.